The number of rotatable bonds is 5. The lowest BCUT2D eigenvalue weighted by Gasteiger charge is -2.09. The molecule has 9 heteroatoms. The molecule has 0 aliphatic rings. The molecule has 0 fully saturated rings. The Labute approximate surface area is 141 Å². The van der Waals surface area contributed by atoms with Gasteiger partial charge in [-0.05, 0) is 0 Å². The van der Waals surface area contributed by atoms with Crippen LogP contribution in [0.25, 0.3) is 10.7 Å². The van der Waals surface area contributed by atoms with Crippen LogP contribution in [0.5, 0.6) is 11.5 Å². The Hall–Kier alpha value is -3.07. The van der Waals surface area contributed by atoms with Gasteiger partial charge in [-0.25, -0.2) is 4.98 Å². The van der Waals surface area contributed by atoms with Gasteiger partial charge in [0.25, 0.3) is 5.91 Å². The summed E-state index contributed by atoms with van der Waals surface area (Å²) >= 11 is 1.33. The lowest BCUT2D eigenvalue weighted by Crippen LogP contribution is -2.14. The number of hydrogen-bond acceptors (Lipinski definition) is 8. The van der Waals surface area contributed by atoms with Crippen molar-refractivity contribution in [2.24, 2.45) is 0 Å². The van der Waals surface area contributed by atoms with Gasteiger partial charge in [-0.15, -0.1) is 11.3 Å². The number of carbonyl (C=O) groups excluding carboxylic acids is 1. The fourth-order valence-electron chi connectivity index (χ4n) is 2.08. The minimum Gasteiger partial charge on any atom is -0.497 e. The number of aromatic nitrogens is 2. The van der Waals surface area contributed by atoms with Gasteiger partial charge in [0.15, 0.2) is 5.69 Å². The van der Waals surface area contributed by atoms with Crippen LogP contribution in [0.4, 0.5) is 11.6 Å². The lowest BCUT2D eigenvalue weighted by molar-refractivity contribution is 0.102. The number of nitrogens with two attached hydrogens (primary N) is 1. The fourth-order valence-corrected chi connectivity index (χ4v) is 2.71. The predicted octanol–water partition coefficient (Wildman–Crippen LogP) is 2.65. The van der Waals surface area contributed by atoms with Crippen LogP contribution in [-0.2, 0) is 0 Å². The van der Waals surface area contributed by atoms with Crippen molar-refractivity contribution >= 4 is 28.8 Å². The van der Waals surface area contributed by atoms with E-state index in [1.54, 1.807) is 29.8 Å². The number of hydrogen-bond donors (Lipinski definition) is 2. The first-order valence-electron chi connectivity index (χ1n) is 6.81. The van der Waals surface area contributed by atoms with E-state index < -0.39 is 5.91 Å². The summed E-state index contributed by atoms with van der Waals surface area (Å²) in [5, 5.41) is 8.88. The summed E-state index contributed by atoms with van der Waals surface area (Å²) in [6, 6.07) is 5.02. The van der Waals surface area contributed by atoms with Crippen LogP contribution in [-0.4, -0.2) is 30.3 Å². The van der Waals surface area contributed by atoms with Crippen LogP contribution in [0, 0.1) is 0 Å². The first-order chi connectivity index (χ1) is 11.6. The van der Waals surface area contributed by atoms with Crippen LogP contribution in [0.15, 0.2) is 34.3 Å². The molecule has 0 atom stereocenters. The molecule has 0 bridgehead atoms. The SMILES string of the molecule is COc1cc(NC(=O)c2c(-c3nccs3)noc2N)cc(OC)c1. The zero-order chi connectivity index (χ0) is 17.1. The molecule has 0 saturated heterocycles. The highest BCUT2D eigenvalue weighted by Crippen LogP contribution is 2.30. The number of amides is 1. The summed E-state index contributed by atoms with van der Waals surface area (Å²) in [6.45, 7) is 0. The maximum atomic E-state index is 12.6. The Morgan fingerprint density at radius 1 is 1.25 bits per heavy atom. The van der Waals surface area contributed by atoms with Crippen molar-refractivity contribution in [3.8, 4) is 22.2 Å². The van der Waals surface area contributed by atoms with Gasteiger partial charge >= 0.3 is 0 Å². The Bertz CT molecular complexity index is 838. The quantitative estimate of drug-likeness (QED) is 0.730. The highest BCUT2D eigenvalue weighted by Gasteiger charge is 2.24. The molecule has 0 saturated carbocycles. The van der Waals surface area contributed by atoms with E-state index in [4.69, 9.17) is 19.7 Å². The summed E-state index contributed by atoms with van der Waals surface area (Å²) in [7, 11) is 3.05. The average molecular weight is 346 g/mol. The third kappa shape index (κ3) is 3.01. The second kappa shape index (κ2) is 6.59. The first-order valence-corrected chi connectivity index (χ1v) is 7.69. The second-order valence-corrected chi connectivity index (χ2v) is 5.56. The van der Waals surface area contributed by atoms with E-state index in [9.17, 15) is 4.79 Å². The summed E-state index contributed by atoms with van der Waals surface area (Å²) in [5.41, 5.74) is 6.67. The number of nitrogens with one attached hydrogen (secondary N) is 1. The zero-order valence-electron chi connectivity index (χ0n) is 12.9. The minimum absolute atomic E-state index is 0.0763. The van der Waals surface area contributed by atoms with Gasteiger partial charge in [-0.1, -0.05) is 5.16 Å². The van der Waals surface area contributed by atoms with Crippen molar-refractivity contribution in [1.29, 1.82) is 0 Å². The van der Waals surface area contributed by atoms with Crippen molar-refractivity contribution in [2.75, 3.05) is 25.3 Å². The van der Waals surface area contributed by atoms with E-state index in [0.717, 1.165) is 0 Å². The van der Waals surface area contributed by atoms with Gasteiger partial charge in [0.1, 0.15) is 22.1 Å². The molecule has 3 rings (SSSR count). The zero-order valence-corrected chi connectivity index (χ0v) is 13.7. The molecule has 3 N–H and O–H groups in total. The molecule has 1 aromatic carbocycles. The number of benzene rings is 1. The molecule has 0 unspecified atom stereocenters. The molecule has 0 aliphatic heterocycles. The molecule has 24 heavy (non-hydrogen) atoms. The molecule has 0 radical (unpaired) electrons. The van der Waals surface area contributed by atoms with Gasteiger partial charge in [-0.3, -0.25) is 4.79 Å². The van der Waals surface area contributed by atoms with Crippen LogP contribution < -0.4 is 20.5 Å². The number of thiazole rings is 1. The van der Waals surface area contributed by atoms with E-state index in [2.05, 4.69) is 15.5 Å². The molecular formula is C15H14N4O4S. The highest BCUT2D eigenvalue weighted by molar-refractivity contribution is 7.13. The summed E-state index contributed by atoms with van der Waals surface area (Å²) < 4.78 is 15.3. The van der Waals surface area contributed by atoms with Crippen molar-refractivity contribution in [1.82, 2.24) is 10.1 Å². The van der Waals surface area contributed by atoms with E-state index in [-0.39, 0.29) is 11.4 Å². The third-order valence-corrected chi connectivity index (χ3v) is 3.97. The van der Waals surface area contributed by atoms with E-state index in [1.165, 1.54) is 25.6 Å². The topological polar surface area (TPSA) is 112 Å². The third-order valence-electron chi connectivity index (χ3n) is 3.19. The highest BCUT2D eigenvalue weighted by atomic mass is 32.1. The van der Waals surface area contributed by atoms with Gasteiger partial charge in [0.2, 0.25) is 5.88 Å². The molecule has 1 amide bonds. The fraction of sp³-hybridized carbons (Fsp3) is 0.133. The maximum Gasteiger partial charge on any atom is 0.263 e. The smallest absolute Gasteiger partial charge is 0.263 e. The van der Waals surface area contributed by atoms with Gasteiger partial charge in [0.05, 0.1) is 14.2 Å². The summed E-state index contributed by atoms with van der Waals surface area (Å²) in [6.07, 6.45) is 1.61. The van der Waals surface area contributed by atoms with Crippen LogP contribution in [0.3, 0.4) is 0 Å². The number of methoxy groups -OCH3 is 2. The van der Waals surface area contributed by atoms with Crippen LogP contribution >= 0.6 is 11.3 Å². The lowest BCUT2D eigenvalue weighted by atomic mass is 10.2. The van der Waals surface area contributed by atoms with Gasteiger partial charge in [0, 0.05) is 35.5 Å². The summed E-state index contributed by atoms with van der Waals surface area (Å²) in [5.74, 6) is 0.549. The number of anilines is 2. The summed E-state index contributed by atoms with van der Waals surface area (Å²) in [4.78, 5) is 16.7. The van der Waals surface area contributed by atoms with Crippen LogP contribution in [0.1, 0.15) is 10.4 Å². The Morgan fingerprint density at radius 2 is 1.96 bits per heavy atom. The van der Waals surface area contributed by atoms with E-state index in [1.807, 2.05) is 0 Å². The minimum atomic E-state index is -0.464. The molecule has 2 aromatic heterocycles. The normalized spacial score (nSPS) is 10.4. The molecule has 3 aromatic rings. The average Bonchev–Trinajstić information content (AvgIpc) is 3.23. The Kier molecular flexibility index (Phi) is 4.34. The van der Waals surface area contributed by atoms with Gasteiger partial charge in [-0.2, -0.15) is 0 Å². The molecule has 0 spiro atoms. The van der Waals surface area contributed by atoms with Crippen molar-refractivity contribution in [2.45, 2.75) is 0 Å². The molecular weight excluding hydrogens is 332 g/mol. The Morgan fingerprint density at radius 3 is 2.54 bits per heavy atom. The van der Waals surface area contributed by atoms with E-state index in [0.29, 0.717) is 27.9 Å². The molecule has 8 nitrogen and oxygen atoms in total. The largest absolute Gasteiger partial charge is 0.497 e. The number of ether oxygens (including phenoxy) is 2. The molecule has 2 heterocycles. The molecule has 124 valence electrons. The van der Waals surface area contributed by atoms with Crippen molar-refractivity contribution < 1.29 is 18.8 Å². The Balaban J connectivity index is 1.93. The first kappa shape index (κ1) is 15.8. The number of nitrogen functional groups attached to an aromatic ring is 1. The maximum absolute atomic E-state index is 12.6. The molecule has 0 aliphatic carbocycles. The number of nitrogens with zero attached hydrogens (tertiary/aromatic N) is 2. The van der Waals surface area contributed by atoms with Crippen molar-refractivity contribution in [3.05, 3.63) is 35.3 Å². The predicted molar refractivity (Wildman–Crippen MR) is 89.5 cm³/mol. The van der Waals surface area contributed by atoms with Crippen molar-refractivity contribution in [3.63, 3.8) is 0 Å². The van der Waals surface area contributed by atoms with Gasteiger partial charge < -0.3 is 25.0 Å². The van der Waals surface area contributed by atoms with E-state index >= 15 is 0 Å². The second-order valence-electron chi connectivity index (χ2n) is 4.66. The monoisotopic (exact) mass is 346 g/mol. The van der Waals surface area contributed by atoms with Crippen LogP contribution in [0.2, 0.25) is 0 Å². The standard InChI is InChI=1S/C15H14N4O4S/c1-21-9-5-8(6-10(7-9)22-2)18-14(20)11-12(19-23-13(11)16)15-17-3-4-24-15/h3-7H,16H2,1-2H3,(H,18,20). The number of carbonyl (C=O) groups is 1.